The van der Waals surface area contributed by atoms with Crippen molar-refractivity contribution >= 4 is 33.8 Å². The highest BCUT2D eigenvalue weighted by Gasteiger charge is 2.22. The largest absolute Gasteiger partial charge is 0.389 e. The summed E-state index contributed by atoms with van der Waals surface area (Å²) in [4.78, 5) is 2.40. The van der Waals surface area contributed by atoms with E-state index >= 15 is 0 Å². The average molecular weight is 284 g/mol. The highest BCUT2D eigenvalue weighted by atomic mass is 32.2. The van der Waals surface area contributed by atoms with Crippen LogP contribution in [0.25, 0.3) is 0 Å². The van der Waals surface area contributed by atoms with Crippen molar-refractivity contribution in [2.75, 3.05) is 29.5 Å². The smallest absolute Gasteiger partial charge is 0.161 e. The van der Waals surface area contributed by atoms with Crippen molar-refractivity contribution in [3.8, 4) is 0 Å². The first kappa shape index (κ1) is 13.4. The van der Waals surface area contributed by atoms with Crippen LogP contribution in [0.3, 0.4) is 0 Å². The van der Waals surface area contributed by atoms with E-state index in [2.05, 4.69) is 15.1 Å². The predicted octanol–water partition coefficient (Wildman–Crippen LogP) is 0.296. The lowest BCUT2D eigenvalue weighted by Gasteiger charge is -2.29. The van der Waals surface area contributed by atoms with E-state index in [0.717, 1.165) is 22.6 Å². The first-order valence-corrected chi connectivity index (χ1v) is 7.64. The minimum absolute atomic E-state index is 0.340. The number of aryl methyl sites for hydroxylation is 1. The van der Waals surface area contributed by atoms with E-state index in [1.54, 1.807) is 0 Å². The van der Waals surface area contributed by atoms with Gasteiger partial charge in [0.1, 0.15) is 4.99 Å². The van der Waals surface area contributed by atoms with Crippen LogP contribution in [0.4, 0.5) is 5.82 Å². The molecule has 98 valence electrons. The lowest BCUT2D eigenvalue weighted by atomic mass is 10.1. The molecule has 1 aliphatic heterocycles. The second-order valence-corrected chi connectivity index (χ2v) is 6.44. The maximum absolute atomic E-state index is 11.4. The summed E-state index contributed by atoms with van der Waals surface area (Å²) >= 11 is 5.11. The Bertz CT molecular complexity index is 508. The first-order chi connectivity index (χ1) is 8.50. The van der Waals surface area contributed by atoms with E-state index in [0.29, 0.717) is 29.6 Å². The molecule has 0 radical (unpaired) electrons. The molecule has 1 aromatic heterocycles. The Labute approximate surface area is 114 Å². The fraction of sp³-hybridized carbons (Fsp3) is 0.545. The predicted molar refractivity (Wildman–Crippen MR) is 77.5 cm³/mol. The summed E-state index contributed by atoms with van der Waals surface area (Å²) < 4.78 is 11.4. The fourth-order valence-electron chi connectivity index (χ4n) is 1.96. The molecule has 2 N–H and O–H groups in total. The van der Waals surface area contributed by atoms with Crippen molar-refractivity contribution in [1.29, 1.82) is 0 Å². The van der Waals surface area contributed by atoms with Crippen molar-refractivity contribution in [2.24, 2.45) is 5.73 Å². The number of rotatable bonds is 2. The van der Waals surface area contributed by atoms with Gasteiger partial charge >= 0.3 is 0 Å². The van der Waals surface area contributed by atoms with E-state index < -0.39 is 10.8 Å². The second-order valence-electron chi connectivity index (χ2n) is 4.31. The van der Waals surface area contributed by atoms with Gasteiger partial charge in [-0.15, -0.1) is 5.10 Å². The normalized spacial score (nSPS) is 16.9. The van der Waals surface area contributed by atoms with Gasteiger partial charge in [0, 0.05) is 35.4 Å². The van der Waals surface area contributed by atoms with Crippen molar-refractivity contribution in [1.82, 2.24) is 10.2 Å². The first-order valence-electron chi connectivity index (χ1n) is 5.74. The number of hydrogen-bond donors (Lipinski definition) is 1. The van der Waals surface area contributed by atoms with Crippen molar-refractivity contribution in [3.63, 3.8) is 0 Å². The van der Waals surface area contributed by atoms with Crippen LogP contribution in [0, 0.1) is 13.8 Å². The third kappa shape index (κ3) is 2.51. The zero-order chi connectivity index (χ0) is 13.3. The molecule has 0 atom stereocenters. The minimum atomic E-state index is -0.716. The number of hydrogen-bond acceptors (Lipinski definition) is 5. The van der Waals surface area contributed by atoms with Gasteiger partial charge in [-0.05, 0) is 19.4 Å². The van der Waals surface area contributed by atoms with Gasteiger partial charge in [-0.3, -0.25) is 4.21 Å². The molecule has 1 aromatic rings. The lowest BCUT2D eigenvalue weighted by molar-refractivity contribution is 0.671. The lowest BCUT2D eigenvalue weighted by Crippen LogP contribution is -2.39. The maximum atomic E-state index is 11.4. The second kappa shape index (κ2) is 5.27. The molecule has 2 rings (SSSR count). The van der Waals surface area contributed by atoms with Crippen molar-refractivity contribution in [3.05, 3.63) is 16.8 Å². The molecule has 1 aliphatic rings. The van der Waals surface area contributed by atoms with Crippen LogP contribution in [0.5, 0.6) is 0 Å². The van der Waals surface area contributed by atoms with E-state index in [1.165, 1.54) is 0 Å². The highest BCUT2D eigenvalue weighted by Crippen LogP contribution is 2.23. The molecule has 0 bridgehead atoms. The Morgan fingerprint density at radius 1 is 1.33 bits per heavy atom. The Morgan fingerprint density at radius 2 is 1.94 bits per heavy atom. The molecule has 0 aromatic carbocycles. The van der Waals surface area contributed by atoms with E-state index in [1.807, 2.05) is 13.8 Å². The number of thiocarbonyl (C=S) groups is 1. The molecule has 2 heterocycles. The van der Waals surface area contributed by atoms with E-state index in [9.17, 15) is 4.21 Å². The summed E-state index contributed by atoms with van der Waals surface area (Å²) in [5.74, 6) is 2.04. The molecule has 1 saturated heterocycles. The number of nitrogens with two attached hydrogens (primary N) is 1. The van der Waals surface area contributed by atoms with Gasteiger partial charge in [0.25, 0.3) is 0 Å². The monoisotopic (exact) mass is 284 g/mol. The van der Waals surface area contributed by atoms with E-state index in [4.69, 9.17) is 18.0 Å². The maximum Gasteiger partial charge on any atom is 0.161 e. The zero-order valence-electron chi connectivity index (χ0n) is 10.5. The molecule has 1 fully saturated rings. The molecule has 0 spiro atoms. The van der Waals surface area contributed by atoms with Gasteiger partial charge in [-0.2, -0.15) is 5.10 Å². The van der Waals surface area contributed by atoms with Gasteiger partial charge in [-0.25, -0.2) is 0 Å². The Hall–Kier alpha value is -1.08. The van der Waals surface area contributed by atoms with Crippen molar-refractivity contribution < 1.29 is 4.21 Å². The van der Waals surface area contributed by atoms with Crippen LogP contribution in [0.15, 0.2) is 0 Å². The van der Waals surface area contributed by atoms with Crippen LogP contribution < -0.4 is 10.6 Å². The summed E-state index contributed by atoms with van der Waals surface area (Å²) in [6, 6.07) is 0. The molecule has 0 amide bonds. The summed E-state index contributed by atoms with van der Waals surface area (Å²) in [7, 11) is -0.716. The molecule has 18 heavy (non-hydrogen) atoms. The molecular formula is C11H16N4OS2. The third-order valence-electron chi connectivity index (χ3n) is 3.16. The van der Waals surface area contributed by atoms with Crippen LogP contribution in [-0.2, 0) is 10.8 Å². The Balaban J connectivity index is 2.41. The molecule has 0 saturated carbocycles. The van der Waals surface area contributed by atoms with Gasteiger partial charge in [0.15, 0.2) is 5.82 Å². The van der Waals surface area contributed by atoms with Crippen LogP contribution in [0.1, 0.15) is 16.8 Å². The molecule has 5 nitrogen and oxygen atoms in total. The zero-order valence-corrected chi connectivity index (χ0v) is 12.1. The van der Waals surface area contributed by atoms with Crippen LogP contribution in [0.2, 0.25) is 0 Å². The van der Waals surface area contributed by atoms with Crippen LogP contribution in [-0.4, -0.2) is 44.0 Å². The van der Waals surface area contributed by atoms with Gasteiger partial charge < -0.3 is 10.6 Å². The van der Waals surface area contributed by atoms with E-state index in [-0.39, 0.29) is 0 Å². The standard InChI is InChI=1S/C11H16N4OS2/c1-7-8(2)13-14-11(9(7)10(12)17)15-3-5-18(16)6-4-15/h3-6H2,1-2H3,(H2,12,17). The number of nitrogens with zero attached hydrogens (tertiary/aromatic N) is 3. The average Bonchev–Trinajstić information content (AvgIpc) is 2.33. The minimum Gasteiger partial charge on any atom is -0.389 e. The summed E-state index contributed by atoms with van der Waals surface area (Å²) in [5.41, 5.74) is 8.40. The van der Waals surface area contributed by atoms with Gasteiger partial charge in [0.05, 0.1) is 11.3 Å². The SMILES string of the molecule is Cc1nnc(N2CCS(=O)CC2)c(C(N)=S)c1C. The van der Waals surface area contributed by atoms with Crippen molar-refractivity contribution in [2.45, 2.75) is 13.8 Å². The van der Waals surface area contributed by atoms with Gasteiger partial charge in [0.2, 0.25) is 0 Å². The molecule has 7 heteroatoms. The molecular weight excluding hydrogens is 268 g/mol. The van der Waals surface area contributed by atoms with Gasteiger partial charge in [-0.1, -0.05) is 12.2 Å². The topological polar surface area (TPSA) is 72.1 Å². The quantitative estimate of drug-likeness (QED) is 0.787. The Morgan fingerprint density at radius 3 is 2.50 bits per heavy atom. The Kier molecular flexibility index (Phi) is 3.91. The molecule has 0 unspecified atom stereocenters. The summed E-state index contributed by atoms with van der Waals surface area (Å²) in [6.07, 6.45) is 0. The number of aromatic nitrogens is 2. The summed E-state index contributed by atoms with van der Waals surface area (Å²) in [5, 5.41) is 8.35. The third-order valence-corrected chi connectivity index (χ3v) is 4.64. The number of anilines is 1. The van der Waals surface area contributed by atoms with Crippen LogP contribution >= 0.6 is 12.2 Å². The highest BCUT2D eigenvalue weighted by molar-refractivity contribution is 7.85. The fourth-order valence-corrected chi connectivity index (χ4v) is 3.26. The summed E-state index contributed by atoms with van der Waals surface area (Å²) in [6.45, 7) is 5.25. The molecule has 0 aliphatic carbocycles.